The normalized spacial score (nSPS) is 12.4. The molecule has 0 saturated carbocycles. The van der Waals surface area contributed by atoms with E-state index in [0.717, 1.165) is 6.07 Å². The van der Waals surface area contributed by atoms with Crippen LogP contribution < -0.4 is 16.2 Å². The summed E-state index contributed by atoms with van der Waals surface area (Å²) in [5, 5.41) is 0. The van der Waals surface area contributed by atoms with Crippen LogP contribution in [-0.2, 0) is 14.8 Å². The van der Waals surface area contributed by atoms with Gasteiger partial charge in [-0.2, -0.15) is 0 Å². The van der Waals surface area contributed by atoms with Crippen molar-refractivity contribution in [3.05, 3.63) is 23.5 Å². The number of hydrogen-bond acceptors (Lipinski definition) is 4. The fourth-order valence-corrected chi connectivity index (χ4v) is 2.70. The molecule has 0 atom stereocenters. The van der Waals surface area contributed by atoms with E-state index in [2.05, 4.69) is 4.72 Å². The van der Waals surface area contributed by atoms with Crippen LogP contribution in [0.15, 0.2) is 17.0 Å². The molecule has 1 amide bonds. The van der Waals surface area contributed by atoms with Gasteiger partial charge in [0.15, 0.2) is 0 Å². The number of hydrogen-bond donors (Lipinski definition) is 3. The molecule has 5 N–H and O–H groups in total. The van der Waals surface area contributed by atoms with Crippen molar-refractivity contribution in [1.82, 2.24) is 4.72 Å². The summed E-state index contributed by atoms with van der Waals surface area (Å²) in [5.74, 6) is -1.28. The molecule has 112 valence electrons. The topological polar surface area (TPSA) is 115 Å². The molecule has 20 heavy (non-hydrogen) atoms. The number of benzene rings is 1. The molecular weight excluding hydrogens is 285 g/mol. The molecule has 0 aliphatic carbocycles. The van der Waals surface area contributed by atoms with Crippen molar-refractivity contribution in [2.45, 2.75) is 25.7 Å². The van der Waals surface area contributed by atoms with Crippen LogP contribution >= 0.6 is 0 Å². The van der Waals surface area contributed by atoms with Gasteiger partial charge in [0.2, 0.25) is 15.9 Å². The van der Waals surface area contributed by atoms with Crippen molar-refractivity contribution < 1.29 is 17.6 Å². The highest BCUT2D eigenvalue weighted by Crippen LogP contribution is 2.21. The Morgan fingerprint density at radius 3 is 2.40 bits per heavy atom. The summed E-state index contributed by atoms with van der Waals surface area (Å²) in [6.07, 6.45) is 0. The van der Waals surface area contributed by atoms with E-state index in [1.54, 1.807) is 0 Å². The number of carbonyl (C=O) groups is 1. The van der Waals surface area contributed by atoms with Crippen LogP contribution in [0.1, 0.15) is 19.4 Å². The molecule has 1 aromatic carbocycles. The minimum atomic E-state index is -3.89. The third-order valence-corrected chi connectivity index (χ3v) is 4.32. The third kappa shape index (κ3) is 3.45. The first-order valence-corrected chi connectivity index (χ1v) is 7.31. The minimum absolute atomic E-state index is 0.125. The molecule has 0 heterocycles. The van der Waals surface area contributed by atoms with E-state index in [-0.39, 0.29) is 22.7 Å². The van der Waals surface area contributed by atoms with Crippen LogP contribution in [0.3, 0.4) is 0 Å². The van der Waals surface area contributed by atoms with Gasteiger partial charge >= 0.3 is 0 Å². The average molecular weight is 303 g/mol. The Morgan fingerprint density at radius 1 is 1.40 bits per heavy atom. The van der Waals surface area contributed by atoms with Crippen LogP contribution in [0.25, 0.3) is 0 Å². The largest absolute Gasteiger partial charge is 0.396 e. The maximum Gasteiger partial charge on any atom is 0.240 e. The Morgan fingerprint density at radius 2 is 1.95 bits per heavy atom. The lowest BCUT2D eigenvalue weighted by Gasteiger charge is -2.20. The Hall–Kier alpha value is -1.67. The van der Waals surface area contributed by atoms with E-state index in [1.807, 2.05) is 0 Å². The predicted molar refractivity (Wildman–Crippen MR) is 73.7 cm³/mol. The van der Waals surface area contributed by atoms with Gasteiger partial charge in [0.05, 0.1) is 16.0 Å². The molecule has 0 aliphatic heterocycles. The SMILES string of the molecule is Cc1cc(S(=O)(=O)NCC(C)(C)C(N)=O)cc(N)c1F. The Balaban J connectivity index is 3.04. The molecule has 0 radical (unpaired) electrons. The molecule has 1 rings (SSSR count). The van der Waals surface area contributed by atoms with Gasteiger partial charge in [-0.15, -0.1) is 0 Å². The summed E-state index contributed by atoms with van der Waals surface area (Å²) in [6, 6.07) is 2.20. The van der Waals surface area contributed by atoms with Gasteiger partial charge in [-0.05, 0) is 38.5 Å². The first-order valence-electron chi connectivity index (χ1n) is 5.82. The second-order valence-electron chi connectivity index (χ2n) is 5.22. The number of rotatable bonds is 5. The molecule has 1 aromatic rings. The van der Waals surface area contributed by atoms with Crippen LogP contribution in [0.4, 0.5) is 10.1 Å². The summed E-state index contributed by atoms with van der Waals surface area (Å²) >= 11 is 0. The highest BCUT2D eigenvalue weighted by Gasteiger charge is 2.28. The molecule has 0 bridgehead atoms. The highest BCUT2D eigenvalue weighted by molar-refractivity contribution is 7.89. The van der Waals surface area contributed by atoms with E-state index in [4.69, 9.17) is 11.5 Å². The number of carbonyl (C=O) groups excluding carboxylic acids is 1. The fraction of sp³-hybridized carbons (Fsp3) is 0.417. The van der Waals surface area contributed by atoms with E-state index >= 15 is 0 Å². The number of sulfonamides is 1. The molecule has 6 nitrogen and oxygen atoms in total. The molecule has 0 aromatic heterocycles. The molecule has 0 aliphatic rings. The summed E-state index contributed by atoms with van der Waals surface area (Å²) in [6.45, 7) is 4.28. The van der Waals surface area contributed by atoms with Crippen LogP contribution in [0.5, 0.6) is 0 Å². The van der Waals surface area contributed by atoms with Gasteiger partial charge in [-0.25, -0.2) is 17.5 Å². The first kappa shape index (κ1) is 16.4. The number of aryl methyl sites for hydroxylation is 1. The van der Waals surface area contributed by atoms with Gasteiger partial charge in [0.1, 0.15) is 5.82 Å². The quantitative estimate of drug-likeness (QED) is 0.687. The van der Waals surface area contributed by atoms with E-state index < -0.39 is 27.2 Å². The predicted octanol–water partition coefficient (Wildman–Crippen LogP) is 0.506. The summed E-state index contributed by atoms with van der Waals surface area (Å²) in [5.41, 5.74) is 9.41. The van der Waals surface area contributed by atoms with Gasteiger partial charge < -0.3 is 11.5 Å². The van der Waals surface area contributed by atoms with E-state index in [1.165, 1.54) is 26.8 Å². The van der Waals surface area contributed by atoms with Crippen molar-refractivity contribution >= 4 is 21.6 Å². The molecule has 0 spiro atoms. The lowest BCUT2D eigenvalue weighted by atomic mass is 9.93. The number of nitrogen functional groups attached to an aromatic ring is 1. The first-order chi connectivity index (χ1) is 8.97. The lowest BCUT2D eigenvalue weighted by Crippen LogP contribution is -2.42. The van der Waals surface area contributed by atoms with E-state index in [0.29, 0.717) is 0 Å². The third-order valence-electron chi connectivity index (χ3n) is 2.94. The second kappa shape index (κ2) is 5.37. The van der Waals surface area contributed by atoms with Crippen molar-refractivity contribution in [2.24, 2.45) is 11.1 Å². The van der Waals surface area contributed by atoms with Gasteiger partial charge in [-0.3, -0.25) is 4.79 Å². The Bertz CT molecular complexity index is 618. The van der Waals surface area contributed by atoms with Crippen molar-refractivity contribution in [3.8, 4) is 0 Å². The zero-order valence-corrected chi connectivity index (χ0v) is 12.3. The van der Waals surface area contributed by atoms with E-state index in [9.17, 15) is 17.6 Å². The number of nitrogens with two attached hydrogens (primary N) is 2. The maximum atomic E-state index is 13.4. The van der Waals surface area contributed by atoms with Crippen LogP contribution in [0, 0.1) is 18.2 Å². The molecule has 0 unspecified atom stereocenters. The van der Waals surface area contributed by atoms with Crippen molar-refractivity contribution in [2.75, 3.05) is 12.3 Å². The smallest absolute Gasteiger partial charge is 0.240 e. The van der Waals surface area contributed by atoms with Gasteiger partial charge in [0.25, 0.3) is 0 Å². The fourth-order valence-electron chi connectivity index (χ4n) is 1.36. The number of nitrogens with one attached hydrogen (secondary N) is 1. The standard InChI is InChI=1S/C12H18FN3O3S/c1-7-4-8(5-9(14)10(7)13)20(18,19)16-6-12(2,3)11(15)17/h4-5,16H,6,14H2,1-3H3,(H2,15,17). The molecule has 8 heteroatoms. The second-order valence-corrected chi connectivity index (χ2v) is 6.98. The lowest BCUT2D eigenvalue weighted by molar-refractivity contribution is -0.125. The zero-order valence-electron chi connectivity index (χ0n) is 11.5. The highest BCUT2D eigenvalue weighted by atomic mass is 32.2. The monoisotopic (exact) mass is 303 g/mol. The Labute approximate surface area is 117 Å². The number of anilines is 1. The molecular formula is C12H18FN3O3S. The van der Waals surface area contributed by atoms with Gasteiger partial charge in [0, 0.05) is 6.54 Å². The van der Waals surface area contributed by atoms with Crippen LogP contribution in [-0.4, -0.2) is 20.9 Å². The van der Waals surface area contributed by atoms with Crippen molar-refractivity contribution in [3.63, 3.8) is 0 Å². The minimum Gasteiger partial charge on any atom is -0.396 e. The van der Waals surface area contributed by atoms with Gasteiger partial charge in [-0.1, -0.05) is 0 Å². The number of primary amides is 1. The number of halogens is 1. The average Bonchev–Trinajstić information content (AvgIpc) is 2.33. The Kier molecular flexibility index (Phi) is 4.40. The molecule has 0 fully saturated rings. The van der Waals surface area contributed by atoms with Crippen molar-refractivity contribution in [1.29, 1.82) is 0 Å². The summed E-state index contributed by atoms with van der Waals surface area (Å²) in [4.78, 5) is 11.0. The zero-order chi connectivity index (χ0) is 15.7. The van der Waals surface area contributed by atoms with Crippen LogP contribution in [0.2, 0.25) is 0 Å². The summed E-state index contributed by atoms with van der Waals surface area (Å²) in [7, 11) is -3.89. The summed E-state index contributed by atoms with van der Waals surface area (Å²) < 4.78 is 39.8. The number of amides is 1. The maximum absolute atomic E-state index is 13.4. The molecule has 0 saturated heterocycles.